The zero-order valence-electron chi connectivity index (χ0n) is 15.0. The minimum absolute atomic E-state index is 0.210. The summed E-state index contributed by atoms with van der Waals surface area (Å²) in [6.45, 7) is 2.26. The summed E-state index contributed by atoms with van der Waals surface area (Å²) in [5.41, 5.74) is 0. The highest BCUT2D eigenvalue weighted by Gasteiger charge is 2.26. The predicted octanol–water partition coefficient (Wildman–Crippen LogP) is 5.76. The van der Waals surface area contributed by atoms with E-state index in [0.717, 1.165) is 31.1 Å². The summed E-state index contributed by atoms with van der Waals surface area (Å²) in [6, 6.07) is 0. The molecule has 3 nitrogen and oxygen atoms in total. The molecule has 0 spiro atoms. The molecule has 0 amide bonds. The van der Waals surface area contributed by atoms with Gasteiger partial charge in [0.25, 0.3) is 0 Å². The number of carbonyl (C=O) groups excluding carboxylic acids is 1. The van der Waals surface area contributed by atoms with Crippen LogP contribution < -0.4 is 0 Å². The molecule has 1 rings (SSSR count). The molecule has 0 heterocycles. The molecule has 0 aromatic rings. The van der Waals surface area contributed by atoms with Crippen LogP contribution in [0, 0.1) is 11.8 Å². The van der Waals surface area contributed by atoms with Crippen LogP contribution in [0.25, 0.3) is 0 Å². The van der Waals surface area contributed by atoms with E-state index in [1.54, 1.807) is 0 Å². The fourth-order valence-electron chi connectivity index (χ4n) is 4.04. The first-order valence-electron chi connectivity index (χ1n) is 9.91. The Bertz CT molecular complexity index is 338. The second kappa shape index (κ2) is 12.5. The highest BCUT2D eigenvalue weighted by molar-refractivity contribution is 6.32. The zero-order valence-corrected chi connectivity index (χ0v) is 15.0. The average Bonchev–Trinajstić information content (AvgIpc) is 2.97. The van der Waals surface area contributed by atoms with Crippen LogP contribution in [-0.4, -0.2) is 16.9 Å². The normalized spacial score (nSPS) is 20.7. The molecule has 0 saturated heterocycles. The Kier molecular flexibility index (Phi) is 11.0. The van der Waals surface area contributed by atoms with Gasteiger partial charge in [-0.3, -0.25) is 4.79 Å². The van der Waals surface area contributed by atoms with E-state index in [1.807, 2.05) is 0 Å². The third kappa shape index (κ3) is 9.12. The number of carboxylic acid groups (broad SMARTS) is 1. The lowest BCUT2D eigenvalue weighted by molar-refractivity contribution is -0.149. The molecule has 0 radical (unpaired) electrons. The standard InChI is InChI=1S/C20H36O3/c1-2-3-4-5-6-8-12-17-14-11-15-18(17)13-9-7-10-16-19(21)20(22)23/h17-18H,2-16H2,1H3,(H,22,23)/t17-,18-/m0/s1. The highest BCUT2D eigenvalue weighted by atomic mass is 16.4. The number of aliphatic carboxylic acids is 1. The van der Waals surface area contributed by atoms with Gasteiger partial charge in [-0.1, -0.05) is 90.4 Å². The number of carboxylic acids is 1. The van der Waals surface area contributed by atoms with Crippen molar-refractivity contribution in [1.29, 1.82) is 0 Å². The van der Waals surface area contributed by atoms with Gasteiger partial charge in [-0.15, -0.1) is 0 Å². The predicted molar refractivity (Wildman–Crippen MR) is 94.6 cm³/mol. The second-order valence-electron chi connectivity index (χ2n) is 7.34. The summed E-state index contributed by atoms with van der Waals surface area (Å²) in [4.78, 5) is 21.5. The fourth-order valence-corrected chi connectivity index (χ4v) is 4.04. The lowest BCUT2D eigenvalue weighted by atomic mass is 9.86. The molecule has 0 aliphatic heterocycles. The minimum atomic E-state index is -1.28. The third-order valence-corrected chi connectivity index (χ3v) is 5.46. The second-order valence-corrected chi connectivity index (χ2v) is 7.34. The Balaban J connectivity index is 2.04. The van der Waals surface area contributed by atoms with E-state index in [1.165, 1.54) is 70.6 Å². The molecular formula is C20H36O3. The fraction of sp³-hybridized carbons (Fsp3) is 0.900. The largest absolute Gasteiger partial charge is 0.476 e. The minimum Gasteiger partial charge on any atom is -0.476 e. The number of Topliss-reactive ketones (excluding diaryl/α,β-unsaturated/α-hetero) is 1. The van der Waals surface area contributed by atoms with Crippen molar-refractivity contribution in [3.8, 4) is 0 Å². The lowest BCUT2D eigenvalue weighted by Gasteiger charge is -2.19. The number of rotatable bonds is 14. The maximum atomic E-state index is 11.0. The Labute approximate surface area is 142 Å². The van der Waals surface area contributed by atoms with Crippen molar-refractivity contribution in [1.82, 2.24) is 0 Å². The van der Waals surface area contributed by atoms with Crippen molar-refractivity contribution in [3.05, 3.63) is 0 Å². The first kappa shape index (κ1) is 20.2. The van der Waals surface area contributed by atoms with Gasteiger partial charge in [-0.2, -0.15) is 0 Å². The molecule has 1 aliphatic rings. The molecule has 134 valence electrons. The summed E-state index contributed by atoms with van der Waals surface area (Å²) < 4.78 is 0. The molecular weight excluding hydrogens is 288 g/mol. The van der Waals surface area contributed by atoms with E-state index in [9.17, 15) is 9.59 Å². The molecule has 2 atom stereocenters. The van der Waals surface area contributed by atoms with Crippen LogP contribution in [0.2, 0.25) is 0 Å². The van der Waals surface area contributed by atoms with Gasteiger partial charge < -0.3 is 5.11 Å². The molecule has 1 fully saturated rings. The Morgan fingerprint density at radius 3 is 1.91 bits per heavy atom. The molecule has 1 aliphatic carbocycles. The first-order chi connectivity index (χ1) is 11.1. The number of unbranched alkanes of at least 4 members (excludes halogenated alkanes) is 7. The van der Waals surface area contributed by atoms with E-state index >= 15 is 0 Å². The van der Waals surface area contributed by atoms with E-state index in [2.05, 4.69) is 6.92 Å². The first-order valence-corrected chi connectivity index (χ1v) is 9.91. The maximum Gasteiger partial charge on any atom is 0.372 e. The Morgan fingerprint density at radius 2 is 1.35 bits per heavy atom. The molecule has 0 unspecified atom stereocenters. The van der Waals surface area contributed by atoms with Gasteiger partial charge in [0.15, 0.2) is 0 Å². The molecule has 0 bridgehead atoms. The Morgan fingerprint density at radius 1 is 0.826 bits per heavy atom. The van der Waals surface area contributed by atoms with Crippen LogP contribution in [0.3, 0.4) is 0 Å². The van der Waals surface area contributed by atoms with Gasteiger partial charge in [0, 0.05) is 6.42 Å². The van der Waals surface area contributed by atoms with Crippen molar-refractivity contribution in [2.24, 2.45) is 11.8 Å². The van der Waals surface area contributed by atoms with Crippen LogP contribution in [0.5, 0.6) is 0 Å². The Hall–Kier alpha value is -0.860. The average molecular weight is 325 g/mol. The van der Waals surface area contributed by atoms with Gasteiger partial charge in [0.1, 0.15) is 0 Å². The highest BCUT2D eigenvalue weighted by Crippen LogP contribution is 2.38. The quantitative estimate of drug-likeness (QED) is 0.326. The van der Waals surface area contributed by atoms with Gasteiger partial charge in [-0.25, -0.2) is 4.79 Å². The molecule has 23 heavy (non-hydrogen) atoms. The number of ketones is 1. The van der Waals surface area contributed by atoms with Crippen LogP contribution >= 0.6 is 0 Å². The molecule has 0 aromatic heterocycles. The van der Waals surface area contributed by atoms with E-state index in [-0.39, 0.29) is 6.42 Å². The van der Waals surface area contributed by atoms with Crippen molar-refractivity contribution in [2.45, 2.75) is 103 Å². The number of hydrogen-bond acceptors (Lipinski definition) is 2. The lowest BCUT2D eigenvalue weighted by Crippen LogP contribution is -2.12. The molecule has 1 N–H and O–H groups in total. The summed E-state index contributed by atoms with van der Waals surface area (Å²) in [7, 11) is 0. The van der Waals surface area contributed by atoms with Gasteiger partial charge >= 0.3 is 5.97 Å². The smallest absolute Gasteiger partial charge is 0.372 e. The molecule has 3 heteroatoms. The van der Waals surface area contributed by atoms with E-state index in [0.29, 0.717) is 0 Å². The summed E-state index contributed by atoms with van der Waals surface area (Å²) >= 11 is 0. The third-order valence-electron chi connectivity index (χ3n) is 5.46. The van der Waals surface area contributed by atoms with Crippen LogP contribution in [0.1, 0.15) is 103 Å². The van der Waals surface area contributed by atoms with Crippen LogP contribution in [0.15, 0.2) is 0 Å². The summed E-state index contributed by atoms with van der Waals surface area (Å²) in [5, 5.41) is 8.55. The SMILES string of the molecule is CCCCCCCC[C@H]1CCC[C@@H]1CCCCCC(=O)C(=O)O. The van der Waals surface area contributed by atoms with Crippen molar-refractivity contribution in [3.63, 3.8) is 0 Å². The van der Waals surface area contributed by atoms with Crippen LogP contribution in [0.4, 0.5) is 0 Å². The zero-order chi connectivity index (χ0) is 16.9. The summed E-state index contributed by atoms with van der Waals surface area (Å²) in [6.07, 6.45) is 18.3. The number of hydrogen-bond donors (Lipinski definition) is 1. The van der Waals surface area contributed by atoms with Gasteiger partial charge in [0.2, 0.25) is 5.78 Å². The van der Waals surface area contributed by atoms with Crippen molar-refractivity contribution < 1.29 is 14.7 Å². The summed E-state index contributed by atoms with van der Waals surface area (Å²) in [5.74, 6) is -0.0887. The van der Waals surface area contributed by atoms with E-state index < -0.39 is 11.8 Å². The topological polar surface area (TPSA) is 54.4 Å². The molecule has 1 saturated carbocycles. The van der Waals surface area contributed by atoms with Gasteiger partial charge in [-0.05, 0) is 18.3 Å². The van der Waals surface area contributed by atoms with Gasteiger partial charge in [0.05, 0.1) is 0 Å². The van der Waals surface area contributed by atoms with E-state index in [4.69, 9.17) is 5.11 Å². The van der Waals surface area contributed by atoms with Crippen molar-refractivity contribution in [2.75, 3.05) is 0 Å². The monoisotopic (exact) mass is 324 g/mol. The van der Waals surface area contributed by atoms with Crippen LogP contribution in [-0.2, 0) is 9.59 Å². The number of carbonyl (C=O) groups is 2. The maximum absolute atomic E-state index is 11.0. The van der Waals surface area contributed by atoms with Crippen molar-refractivity contribution >= 4 is 11.8 Å². The molecule has 0 aromatic carbocycles.